The first-order valence-electron chi connectivity index (χ1n) is 9.79. The Morgan fingerprint density at radius 3 is 2.19 bits per heavy atom. The lowest BCUT2D eigenvalue weighted by molar-refractivity contribution is 0.0904. The van der Waals surface area contributed by atoms with Crippen LogP contribution in [0.3, 0.4) is 0 Å². The number of ether oxygens (including phenoxy) is 1. The van der Waals surface area contributed by atoms with Crippen LogP contribution in [0.5, 0.6) is 0 Å². The summed E-state index contributed by atoms with van der Waals surface area (Å²) in [5.41, 5.74) is 3.32. The van der Waals surface area contributed by atoms with Crippen molar-refractivity contribution in [1.29, 1.82) is 0 Å². The topological polar surface area (TPSA) is 68.6 Å². The van der Waals surface area contributed by atoms with Crippen LogP contribution < -0.4 is 0 Å². The molecule has 1 aliphatic rings. The number of aryl methyl sites for hydroxylation is 3. The average Bonchev–Trinajstić information content (AvgIpc) is 3.10. The van der Waals surface area contributed by atoms with Crippen molar-refractivity contribution in [3.63, 3.8) is 0 Å². The molecule has 31 heavy (non-hydrogen) atoms. The fourth-order valence-electron chi connectivity index (χ4n) is 2.86. The minimum absolute atomic E-state index is 0.192. The van der Waals surface area contributed by atoms with E-state index in [0.717, 1.165) is 16.1 Å². The van der Waals surface area contributed by atoms with Crippen molar-refractivity contribution < 1.29 is 13.2 Å². The highest BCUT2D eigenvalue weighted by Crippen LogP contribution is 2.22. The zero-order chi connectivity index (χ0) is 22.6. The molecule has 0 amide bonds. The molecule has 0 saturated carbocycles. The van der Waals surface area contributed by atoms with E-state index in [1.165, 1.54) is 10.3 Å². The Balaban J connectivity index is 0.000000207. The van der Waals surface area contributed by atoms with Gasteiger partial charge in [0.15, 0.2) is 0 Å². The number of fused-ring (bicyclic) bond motifs is 1. The van der Waals surface area contributed by atoms with Crippen molar-refractivity contribution in [2.24, 2.45) is 4.40 Å². The molecule has 2 aromatic carbocycles. The highest BCUT2D eigenvalue weighted by molar-refractivity contribution is 7.90. The number of benzene rings is 2. The van der Waals surface area contributed by atoms with Crippen molar-refractivity contribution in [1.82, 2.24) is 4.98 Å². The maximum Gasteiger partial charge on any atom is 0.282 e. The molecule has 0 saturated heterocycles. The first-order valence-corrected chi connectivity index (χ1v) is 12.0. The van der Waals surface area contributed by atoms with Gasteiger partial charge in [-0.1, -0.05) is 23.8 Å². The lowest BCUT2D eigenvalue weighted by Crippen LogP contribution is -2.24. The number of hydrogen-bond acceptors (Lipinski definition) is 5. The number of allylic oxidation sites excluding steroid dienone is 2. The maximum absolute atomic E-state index is 12.2. The highest BCUT2D eigenvalue weighted by atomic mass is 32.2. The van der Waals surface area contributed by atoms with Gasteiger partial charge < -0.3 is 4.74 Å². The minimum Gasteiger partial charge on any atom is -0.370 e. The molecule has 0 radical (unpaired) electrons. The second-order valence-corrected chi connectivity index (χ2v) is 10.4. The van der Waals surface area contributed by atoms with Gasteiger partial charge in [-0.15, -0.1) is 11.3 Å². The maximum atomic E-state index is 12.2. The number of thiazole rings is 1. The summed E-state index contributed by atoms with van der Waals surface area (Å²) in [5, 5.41) is 1.14. The predicted molar refractivity (Wildman–Crippen MR) is 129 cm³/mol. The van der Waals surface area contributed by atoms with Crippen molar-refractivity contribution >= 4 is 37.3 Å². The SMILES string of the molecule is COC1(C)C=CC(=NS(=O)(=O)c2ccc(C)cc2)C=C1.Cc1ccc2nc(C)sc2c1. The number of methoxy groups -OCH3 is 1. The average molecular weight is 455 g/mol. The van der Waals surface area contributed by atoms with E-state index in [-0.39, 0.29) is 4.90 Å². The van der Waals surface area contributed by atoms with Gasteiger partial charge in [0.25, 0.3) is 10.0 Å². The van der Waals surface area contributed by atoms with Gasteiger partial charge in [-0.2, -0.15) is 12.8 Å². The van der Waals surface area contributed by atoms with E-state index < -0.39 is 15.6 Å². The van der Waals surface area contributed by atoms with Gasteiger partial charge in [-0.05, 0) is 81.8 Å². The van der Waals surface area contributed by atoms with E-state index in [9.17, 15) is 8.42 Å². The normalized spacial score (nSPS) is 18.0. The predicted octanol–water partition coefficient (Wildman–Crippen LogP) is 5.57. The molecule has 1 heterocycles. The van der Waals surface area contributed by atoms with Gasteiger partial charge in [0.1, 0.15) is 5.60 Å². The number of hydrogen-bond donors (Lipinski definition) is 0. The molecule has 0 fully saturated rings. The Morgan fingerprint density at radius 1 is 0.968 bits per heavy atom. The van der Waals surface area contributed by atoms with Crippen molar-refractivity contribution in [3.05, 3.63) is 82.9 Å². The fraction of sp³-hybridized carbons (Fsp3) is 0.250. The minimum atomic E-state index is -3.68. The van der Waals surface area contributed by atoms with Crippen LogP contribution in [-0.4, -0.2) is 31.8 Å². The molecular weight excluding hydrogens is 428 g/mol. The quantitative estimate of drug-likeness (QED) is 0.519. The van der Waals surface area contributed by atoms with Gasteiger partial charge in [-0.25, -0.2) is 4.98 Å². The standard InChI is InChI=1S/C15H17NO3S.C9H9NS/c1-12-4-6-14(7-5-12)20(17,18)16-13-8-10-15(2,19-3)11-9-13;1-6-3-4-8-9(5-6)11-7(2)10-8/h4-11H,1-3H3;3-5H,1-2H3. The first-order chi connectivity index (χ1) is 14.6. The summed E-state index contributed by atoms with van der Waals surface area (Å²) in [6, 6.07) is 13.0. The molecule has 1 aliphatic carbocycles. The first kappa shape index (κ1) is 23.1. The molecule has 7 heteroatoms. The van der Waals surface area contributed by atoms with Crippen molar-refractivity contribution in [2.45, 2.75) is 38.2 Å². The van der Waals surface area contributed by atoms with Crippen LogP contribution in [0.2, 0.25) is 0 Å². The van der Waals surface area contributed by atoms with E-state index >= 15 is 0 Å². The van der Waals surface area contributed by atoms with Crippen molar-refractivity contribution in [3.8, 4) is 0 Å². The second-order valence-electron chi connectivity index (χ2n) is 7.56. The Bertz CT molecular complexity index is 1250. The lowest BCUT2D eigenvalue weighted by atomic mass is 10.00. The van der Waals surface area contributed by atoms with Crippen LogP contribution in [0.15, 0.2) is 76.1 Å². The van der Waals surface area contributed by atoms with Crippen LogP contribution in [-0.2, 0) is 14.8 Å². The number of nitrogens with zero attached hydrogens (tertiary/aromatic N) is 2. The summed E-state index contributed by atoms with van der Waals surface area (Å²) in [7, 11) is -2.08. The Kier molecular flexibility index (Phi) is 6.89. The summed E-state index contributed by atoms with van der Waals surface area (Å²) >= 11 is 1.76. The zero-order valence-corrected chi connectivity index (χ0v) is 19.9. The second kappa shape index (κ2) is 9.26. The molecule has 0 unspecified atom stereocenters. The Labute approximate surface area is 187 Å². The van der Waals surface area contributed by atoms with Crippen LogP contribution in [0, 0.1) is 20.8 Å². The molecule has 4 rings (SSSR count). The third-order valence-corrected chi connectivity index (χ3v) is 7.06. The van der Waals surface area contributed by atoms with E-state index in [4.69, 9.17) is 4.74 Å². The summed E-state index contributed by atoms with van der Waals surface area (Å²) < 4.78 is 34.7. The summed E-state index contributed by atoms with van der Waals surface area (Å²) in [4.78, 5) is 4.56. The largest absolute Gasteiger partial charge is 0.370 e. The van der Waals surface area contributed by atoms with E-state index in [0.29, 0.717) is 5.71 Å². The molecule has 1 aromatic heterocycles. The fourth-order valence-corrected chi connectivity index (χ4v) is 4.77. The molecular formula is C24H26N2O3S2. The monoisotopic (exact) mass is 454 g/mol. The lowest BCUT2D eigenvalue weighted by Gasteiger charge is -2.22. The van der Waals surface area contributed by atoms with Gasteiger partial charge in [0.2, 0.25) is 0 Å². The molecule has 0 N–H and O–H groups in total. The molecule has 0 bridgehead atoms. The molecule has 0 atom stereocenters. The van der Waals surface area contributed by atoms with Gasteiger partial charge in [0.05, 0.1) is 25.8 Å². The van der Waals surface area contributed by atoms with E-state index in [2.05, 4.69) is 34.5 Å². The van der Waals surface area contributed by atoms with Gasteiger partial charge in [-0.3, -0.25) is 0 Å². The molecule has 162 valence electrons. The number of sulfonamides is 1. The van der Waals surface area contributed by atoms with Crippen LogP contribution in [0.4, 0.5) is 0 Å². The number of rotatable bonds is 3. The zero-order valence-electron chi connectivity index (χ0n) is 18.3. The van der Waals surface area contributed by atoms with Crippen molar-refractivity contribution in [2.75, 3.05) is 7.11 Å². The van der Waals surface area contributed by atoms with E-state index in [1.54, 1.807) is 67.0 Å². The Morgan fingerprint density at radius 2 is 1.58 bits per heavy atom. The molecule has 0 aliphatic heterocycles. The summed E-state index contributed by atoms with van der Waals surface area (Å²) in [6.07, 6.45) is 6.84. The van der Waals surface area contributed by atoms with Gasteiger partial charge >= 0.3 is 0 Å². The van der Waals surface area contributed by atoms with Gasteiger partial charge in [0, 0.05) is 7.11 Å². The van der Waals surface area contributed by atoms with Crippen LogP contribution >= 0.6 is 11.3 Å². The van der Waals surface area contributed by atoms with E-state index in [1.807, 2.05) is 20.8 Å². The van der Waals surface area contributed by atoms with Crippen LogP contribution in [0.25, 0.3) is 10.2 Å². The van der Waals surface area contributed by atoms with Crippen LogP contribution in [0.1, 0.15) is 23.1 Å². The Hall–Kier alpha value is -2.61. The number of aromatic nitrogens is 1. The highest BCUT2D eigenvalue weighted by Gasteiger charge is 2.20. The molecule has 5 nitrogen and oxygen atoms in total. The molecule has 0 spiro atoms. The smallest absolute Gasteiger partial charge is 0.282 e. The summed E-state index contributed by atoms with van der Waals surface area (Å²) in [6.45, 7) is 7.93. The third-order valence-electron chi connectivity index (χ3n) is 4.81. The molecule has 3 aromatic rings. The third kappa shape index (κ3) is 5.97. The summed E-state index contributed by atoms with van der Waals surface area (Å²) in [5.74, 6) is 0.